The van der Waals surface area contributed by atoms with Gasteiger partial charge in [-0.1, -0.05) is 11.6 Å². The standard InChI is InChI=1S/C12H10Cl2F3N5O3/c13-8-5-9(21-11(14)20-8)22(2-19-5)4-1-3(18)6(23)7(4)25-10(24)12(15,16)17/h2-4,6-7,23H,1,18H2/t3-,4+,6+,7-/m0/s1. The highest BCUT2D eigenvalue weighted by molar-refractivity contribution is 6.35. The van der Waals surface area contributed by atoms with Crippen LogP contribution in [0.1, 0.15) is 12.5 Å². The summed E-state index contributed by atoms with van der Waals surface area (Å²) in [6, 6.07) is -1.86. The van der Waals surface area contributed by atoms with Crippen LogP contribution in [-0.4, -0.2) is 55.0 Å². The van der Waals surface area contributed by atoms with E-state index < -0.39 is 36.4 Å². The zero-order chi connectivity index (χ0) is 18.5. The number of esters is 1. The minimum Gasteiger partial charge on any atom is -0.451 e. The Morgan fingerprint density at radius 3 is 2.72 bits per heavy atom. The van der Waals surface area contributed by atoms with Gasteiger partial charge in [-0.15, -0.1) is 0 Å². The molecule has 0 aliphatic heterocycles. The molecule has 0 bridgehead atoms. The molecule has 0 unspecified atom stereocenters. The predicted molar refractivity (Wildman–Crippen MR) is 78.9 cm³/mol. The zero-order valence-corrected chi connectivity index (χ0v) is 13.6. The molecule has 2 aromatic rings. The minimum absolute atomic E-state index is 0.0155. The van der Waals surface area contributed by atoms with Crippen molar-refractivity contribution < 1.29 is 27.8 Å². The van der Waals surface area contributed by atoms with Crippen molar-refractivity contribution in [2.45, 2.75) is 36.9 Å². The number of aliphatic hydroxyl groups excluding tert-OH is 1. The third-order valence-electron chi connectivity index (χ3n) is 3.85. The number of fused-ring (bicyclic) bond motifs is 1. The predicted octanol–water partition coefficient (Wildman–Crippen LogP) is 1.24. The molecule has 0 amide bonds. The molecule has 3 rings (SSSR count). The van der Waals surface area contributed by atoms with Crippen LogP contribution in [0.25, 0.3) is 11.2 Å². The van der Waals surface area contributed by atoms with E-state index >= 15 is 0 Å². The molecule has 2 heterocycles. The van der Waals surface area contributed by atoms with E-state index in [9.17, 15) is 23.1 Å². The average molecular weight is 400 g/mol. The largest absolute Gasteiger partial charge is 0.490 e. The number of alkyl halides is 3. The van der Waals surface area contributed by atoms with Crippen molar-refractivity contribution in [1.82, 2.24) is 19.5 Å². The van der Waals surface area contributed by atoms with Crippen molar-refractivity contribution in [3.8, 4) is 0 Å². The van der Waals surface area contributed by atoms with Crippen LogP contribution in [0.15, 0.2) is 6.33 Å². The Balaban J connectivity index is 2.01. The van der Waals surface area contributed by atoms with Gasteiger partial charge in [-0.25, -0.2) is 14.8 Å². The summed E-state index contributed by atoms with van der Waals surface area (Å²) in [6.45, 7) is 0. The van der Waals surface area contributed by atoms with Crippen LogP contribution in [0.5, 0.6) is 0 Å². The third-order valence-corrected chi connectivity index (χ3v) is 4.28. The molecule has 0 radical (unpaired) electrons. The van der Waals surface area contributed by atoms with E-state index in [2.05, 4.69) is 19.7 Å². The van der Waals surface area contributed by atoms with E-state index in [-0.39, 0.29) is 28.0 Å². The summed E-state index contributed by atoms with van der Waals surface area (Å²) < 4.78 is 43.2. The van der Waals surface area contributed by atoms with Crippen LogP contribution in [-0.2, 0) is 9.53 Å². The van der Waals surface area contributed by atoms with Gasteiger partial charge in [0.05, 0.1) is 12.4 Å². The van der Waals surface area contributed by atoms with Crippen molar-refractivity contribution in [1.29, 1.82) is 0 Å². The van der Waals surface area contributed by atoms with E-state index in [1.165, 1.54) is 10.9 Å². The first kappa shape index (κ1) is 18.1. The highest BCUT2D eigenvalue weighted by Gasteiger charge is 2.50. The topological polar surface area (TPSA) is 116 Å². The van der Waals surface area contributed by atoms with Crippen LogP contribution >= 0.6 is 23.2 Å². The monoisotopic (exact) mass is 399 g/mol. The summed E-state index contributed by atoms with van der Waals surface area (Å²) in [5, 5.41) is 9.78. The van der Waals surface area contributed by atoms with Gasteiger partial charge in [0.25, 0.3) is 0 Å². The molecule has 1 fully saturated rings. The van der Waals surface area contributed by atoms with Crippen LogP contribution in [0.3, 0.4) is 0 Å². The lowest BCUT2D eigenvalue weighted by molar-refractivity contribution is -0.209. The SMILES string of the molecule is N[C@H]1C[C@@H](n2cnc3c(Cl)nc(Cl)nc32)[C@H](OC(=O)C(F)(F)F)[C@@H]1O. The van der Waals surface area contributed by atoms with Crippen molar-refractivity contribution in [2.24, 2.45) is 5.73 Å². The third kappa shape index (κ3) is 3.24. The Bertz CT molecular complexity index is 830. The fraction of sp³-hybridized carbons (Fsp3) is 0.500. The number of hydrogen-bond donors (Lipinski definition) is 2. The number of carbonyl (C=O) groups excluding carboxylic acids is 1. The minimum atomic E-state index is -5.21. The van der Waals surface area contributed by atoms with Crippen molar-refractivity contribution >= 4 is 40.3 Å². The normalized spacial score (nSPS) is 27.0. The van der Waals surface area contributed by atoms with E-state index in [1.54, 1.807) is 0 Å². The van der Waals surface area contributed by atoms with Crippen LogP contribution in [0, 0.1) is 0 Å². The summed E-state index contributed by atoms with van der Waals surface area (Å²) in [5.74, 6) is -2.43. The van der Waals surface area contributed by atoms with Gasteiger partial charge in [0.2, 0.25) is 5.28 Å². The van der Waals surface area contributed by atoms with Gasteiger partial charge in [-0.2, -0.15) is 18.2 Å². The molecule has 1 saturated carbocycles. The summed E-state index contributed by atoms with van der Waals surface area (Å²) >= 11 is 11.6. The maximum Gasteiger partial charge on any atom is 0.490 e. The van der Waals surface area contributed by atoms with Gasteiger partial charge in [0.15, 0.2) is 16.9 Å². The molecule has 0 aromatic carbocycles. The summed E-state index contributed by atoms with van der Waals surface area (Å²) in [7, 11) is 0. The Morgan fingerprint density at radius 2 is 2.08 bits per heavy atom. The molecular weight excluding hydrogens is 390 g/mol. The Kier molecular flexibility index (Phi) is 4.52. The van der Waals surface area contributed by atoms with Gasteiger partial charge in [-0.05, 0) is 18.0 Å². The fourth-order valence-electron chi connectivity index (χ4n) is 2.73. The quantitative estimate of drug-likeness (QED) is 0.443. The summed E-state index contributed by atoms with van der Waals surface area (Å²) in [6.07, 6.45) is -7.01. The number of aliphatic hydroxyl groups is 1. The molecular formula is C12H10Cl2F3N5O3. The lowest BCUT2D eigenvalue weighted by Crippen LogP contribution is -2.41. The molecule has 1 aliphatic carbocycles. The Hall–Kier alpha value is -1.69. The van der Waals surface area contributed by atoms with Crippen LogP contribution in [0.2, 0.25) is 10.4 Å². The number of aromatic nitrogens is 4. The molecule has 3 N–H and O–H groups in total. The maximum absolute atomic E-state index is 12.5. The average Bonchev–Trinajstić information content (AvgIpc) is 3.02. The van der Waals surface area contributed by atoms with Crippen molar-refractivity contribution in [3.05, 3.63) is 16.8 Å². The Morgan fingerprint density at radius 1 is 1.40 bits per heavy atom. The molecule has 8 nitrogen and oxygen atoms in total. The van der Waals surface area contributed by atoms with Crippen LogP contribution < -0.4 is 5.73 Å². The number of ether oxygens (including phenoxy) is 1. The van der Waals surface area contributed by atoms with E-state index in [0.717, 1.165) is 0 Å². The van der Waals surface area contributed by atoms with Gasteiger partial charge in [-0.3, -0.25) is 0 Å². The van der Waals surface area contributed by atoms with Crippen molar-refractivity contribution in [3.63, 3.8) is 0 Å². The molecule has 136 valence electrons. The molecule has 25 heavy (non-hydrogen) atoms. The molecule has 2 aromatic heterocycles. The lowest BCUT2D eigenvalue weighted by atomic mass is 10.2. The van der Waals surface area contributed by atoms with E-state index in [4.69, 9.17) is 28.9 Å². The second kappa shape index (κ2) is 6.24. The number of nitrogens with two attached hydrogens (primary N) is 1. The van der Waals surface area contributed by atoms with E-state index in [0.29, 0.717) is 0 Å². The molecule has 0 saturated heterocycles. The molecule has 0 spiro atoms. The number of carbonyl (C=O) groups is 1. The second-order valence-corrected chi connectivity index (χ2v) is 6.13. The Labute approximate surface area is 147 Å². The number of imidazole rings is 1. The van der Waals surface area contributed by atoms with Crippen molar-refractivity contribution in [2.75, 3.05) is 0 Å². The summed E-state index contributed by atoms with van der Waals surface area (Å²) in [5.41, 5.74) is 5.98. The first-order valence-electron chi connectivity index (χ1n) is 6.86. The summed E-state index contributed by atoms with van der Waals surface area (Å²) in [4.78, 5) is 22.8. The number of nitrogens with zero attached hydrogens (tertiary/aromatic N) is 4. The smallest absolute Gasteiger partial charge is 0.451 e. The number of halogens is 5. The van der Waals surface area contributed by atoms with Gasteiger partial charge >= 0.3 is 12.1 Å². The van der Waals surface area contributed by atoms with Gasteiger partial charge in [0.1, 0.15) is 11.6 Å². The second-order valence-electron chi connectivity index (χ2n) is 5.43. The number of hydrogen-bond acceptors (Lipinski definition) is 7. The first-order chi connectivity index (χ1) is 11.6. The van der Waals surface area contributed by atoms with Crippen LogP contribution in [0.4, 0.5) is 13.2 Å². The van der Waals surface area contributed by atoms with Gasteiger partial charge in [0, 0.05) is 6.04 Å². The maximum atomic E-state index is 12.5. The van der Waals surface area contributed by atoms with E-state index in [1.807, 2.05) is 0 Å². The molecule has 4 atom stereocenters. The highest BCUT2D eigenvalue weighted by atomic mass is 35.5. The number of rotatable bonds is 2. The molecule has 13 heteroatoms. The highest BCUT2D eigenvalue weighted by Crippen LogP contribution is 2.36. The zero-order valence-electron chi connectivity index (χ0n) is 12.1. The molecule has 1 aliphatic rings. The van der Waals surface area contributed by atoms with Gasteiger partial charge < -0.3 is 20.1 Å². The first-order valence-corrected chi connectivity index (χ1v) is 7.62. The lowest BCUT2D eigenvalue weighted by Gasteiger charge is -2.24. The fourth-order valence-corrected chi connectivity index (χ4v) is 3.16.